The van der Waals surface area contributed by atoms with E-state index in [4.69, 9.17) is 23.9 Å². The number of methoxy groups -OCH3 is 1. The minimum absolute atomic E-state index is 0.0574. The average Bonchev–Trinajstić information content (AvgIpc) is 3.85. The van der Waals surface area contributed by atoms with Crippen LogP contribution < -0.4 is 9.47 Å². The molecule has 2 aromatic heterocycles. The number of carboxylic acids is 1. The molecule has 4 heterocycles. The van der Waals surface area contributed by atoms with Gasteiger partial charge in [0.2, 0.25) is 11.8 Å². The number of alkyl halides is 2. The number of rotatable bonds is 11. The minimum Gasteiger partial charge on any atom is -0.481 e. The van der Waals surface area contributed by atoms with Crippen LogP contribution in [0.15, 0.2) is 65.1 Å². The first-order valence-electron chi connectivity index (χ1n) is 17.4. The standard InChI is InChI=1S/C40H42F2N4O5/c1-23-9-7-17-45(23)21-26-15-16-32(43-37(26)49-4)30-12-5-10-28(24(30)2)29-11-6-13-31(25(29)3)38-44-33-19-27(22-46-18-8-14-34(46)39(47)48)35(51-40(41)42)20-36(33)50-38/h5-6,10-13,15-16,19-20,23,34,40H,7-9,14,17-18,21-22H2,1-4H3,(H,47,48)/t23-,34-/m0/s1. The van der Waals surface area contributed by atoms with Crippen molar-refractivity contribution in [1.29, 1.82) is 0 Å². The third-order valence-electron chi connectivity index (χ3n) is 10.5. The Bertz CT molecular complexity index is 2080. The molecule has 0 radical (unpaired) electrons. The van der Waals surface area contributed by atoms with Crippen molar-refractivity contribution in [2.45, 2.75) is 78.2 Å². The van der Waals surface area contributed by atoms with Crippen LogP contribution in [0.3, 0.4) is 0 Å². The lowest BCUT2D eigenvalue weighted by molar-refractivity contribution is -0.142. The SMILES string of the molecule is COc1nc(-c2cccc(-c3cccc(-c4nc5cc(CN6CCC[C@H]6C(=O)O)c(OC(F)F)cc5o4)c3C)c2C)ccc1CN1CCC[C@@H]1C. The fourth-order valence-corrected chi connectivity index (χ4v) is 7.68. The van der Waals surface area contributed by atoms with Crippen molar-refractivity contribution >= 4 is 17.1 Å². The summed E-state index contributed by atoms with van der Waals surface area (Å²) >= 11 is 0. The van der Waals surface area contributed by atoms with Crippen molar-refractivity contribution in [3.63, 3.8) is 0 Å². The van der Waals surface area contributed by atoms with E-state index in [2.05, 4.69) is 49.1 Å². The van der Waals surface area contributed by atoms with Crippen molar-refractivity contribution in [2.24, 2.45) is 0 Å². The summed E-state index contributed by atoms with van der Waals surface area (Å²) in [7, 11) is 1.67. The zero-order chi connectivity index (χ0) is 35.8. The molecule has 2 aliphatic rings. The van der Waals surface area contributed by atoms with E-state index in [1.807, 2.05) is 25.1 Å². The first kappa shape index (κ1) is 34.6. The smallest absolute Gasteiger partial charge is 0.387 e. The molecule has 2 saturated heterocycles. The number of hydrogen-bond donors (Lipinski definition) is 1. The lowest BCUT2D eigenvalue weighted by Crippen LogP contribution is -2.35. The van der Waals surface area contributed by atoms with Gasteiger partial charge in [0.15, 0.2) is 5.58 Å². The van der Waals surface area contributed by atoms with E-state index < -0.39 is 18.6 Å². The van der Waals surface area contributed by atoms with Gasteiger partial charge in [-0.25, -0.2) is 9.97 Å². The minimum atomic E-state index is -3.05. The molecule has 51 heavy (non-hydrogen) atoms. The molecule has 0 aliphatic carbocycles. The lowest BCUT2D eigenvalue weighted by atomic mass is 9.90. The first-order chi connectivity index (χ1) is 24.6. The summed E-state index contributed by atoms with van der Waals surface area (Å²) in [6.07, 6.45) is 3.64. The third kappa shape index (κ3) is 6.92. The van der Waals surface area contributed by atoms with E-state index in [9.17, 15) is 18.7 Å². The fraction of sp³-hybridized carbons (Fsp3) is 0.375. The second kappa shape index (κ2) is 14.4. The van der Waals surface area contributed by atoms with Crippen LogP contribution in [0.2, 0.25) is 0 Å². The van der Waals surface area contributed by atoms with Gasteiger partial charge in [-0.05, 0) is 100.0 Å². The normalized spacial score (nSPS) is 18.3. The summed E-state index contributed by atoms with van der Waals surface area (Å²) in [5.41, 5.74) is 8.90. The quantitative estimate of drug-likeness (QED) is 0.146. The molecular formula is C40H42F2N4O5. The maximum atomic E-state index is 13.5. The van der Waals surface area contributed by atoms with Gasteiger partial charge >= 0.3 is 12.6 Å². The topological polar surface area (TPSA) is 101 Å². The maximum Gasteiger partial charge on any atom is 0.387 e. The van der Waals surface area contributed by atoms with Gasteiger partial charge in [0.1, 0.15) is 17.3 Å². The summed E-state index contributed by atoms with van der Waals surface area (Å²) in [4.78, 5) is 25.7. The summed E-state index contributed by atoms with van der Waals surface area (Å²) in [6, 6.07) is 19.2. The highest BCUT2D eigenvalue weighted by atomic mass is 19.3. The Kier molecular flexibility index (Phi) is 9.76. The van der Waals surface area contributed by atoms with Crippen LogP contribution in [0.5, 0.6) is 11.6 Å². The average molecular weight is 697 g/mol. The van der Waals surface area contributed by atoms with Gasteiger partial charge in [0.25, 0.3) is 0 Å². The van der Waals surface area contributed by atoms with E-state index >= 15 is 0 Å². The van der Waals surface area contributed by atoms with Crippen molar-refractivity contribution in [3.05, 3.63) is 82.9 Å². The molecule has 7 rings (SSSR count). The molecule has 2 atom stereocenters. The molecular weight excluding hydrogens is 654 g/mol. The van der Waals surface area contributed by atoms with Gasteiger partial charge in [-0.15, -0.1) is 0 Å². The summed E-state index contributed by atoms with van der Waals surface area (Å²) in [6.45, 7) is 5.90. The van der Waals surface area contributed by atoms with Crippen molar-refractivity contribution < 1.29 is 32.6 Å². The number of benzene rings is 3. The summed E-state index contributed by atoms with van der Waals surface area (Å²) in [5.74, 6) is -0.00516. The monoisotopic (exact) mass is 696 g/mol. The molecule has 0 unspecified atom stereocenters. The molecule has 2 fully saturated rings. The van der Waals surface area contributed by atoms with Gasteiger partial charge < -0.3 is 19.0 Å². The molecule has 0 spiro atoms. The number of halogens is 2. The molecule has 3 aromatic carbocycles. The number of carboxylic acid groups (broad SMARTS) is 1. The number of pyridine rings is 1. The van der Waals surface area contributed by atoms with Crippen LogP contribution in [0.4, 0.5) is 8.78 Å². The van der Waals surface area contributed by atoms with Crippen molar-refractivity contribution in [2.75, 3.05) is 20.2 Å². The second-order valence-corrected chi connectivity index (χ2v) is 13.6. The van der Waals surface area contributed by atoms with E-state index in [0.717, 1.165) is 57.7 Å². The maximum absolute atomic E-state index is 13.5. The number of likely N-dealkylation sites (tertiary alicyclic amines) is 2. The van der Waals surface area contributed by atoms with Crippen LogP contribution in [-0.4, -0.2) is 69.7 Å². The largest absolute Gasteiger partial charge is 0.481 e. The van der Waals surface area contributed by atoms with Gasteiger partial charge in [0.05, 0.1) is 12.8 Å². The van der Waals surface area contributed by atoms with Crippen molar-refractivity contribution in [1.82, 2.24) is 19.8 Å². The highest BCUT2D eigenvalue weighted by Gasteiger charge is 2.31. The van der Waals surface area contributed by atoms with Gasteiger partial charge in [-0.1, -0.05) is 36.4 Å². The summed E-state index contributed by atoms with van der Waals surface area (Å²) in [5, 5.41) is 9.65. The number of oxazole rings is 1. The zero-order valence-corrected chi connectivity index (χ0v) is 29.3. The van der Waals surface area contributed by atoms with Crippen LogP contribution in [-0.2, 0) is 17.9 Å². The Morgan fingerprint density at radius 1 is 0.902 bits per heavy atom. The molecule has 11 heteroatoms. The van der Waals surface area contributed by atoms with E-state index in [0.29, 0.717) is 53.9 Å². The lowest BCUT2D eigenvalue weighted by Gasteiger charge is -2.22. The molecule has 0 amide bonds. The molecule has 5 aromatic rings. The van der Waals surface area contributed by atoms with Gasteiger partial charge in [-0.3, -0.25) is 14.6 Å². The van der Waals surface area contributed by atoms with E-state index in [-0.39, 0.29) is 12.3 Å². The zero-order valence-electron chi connectivity index (χ0n) is 29.3. The molecule has 1 N–H and O–H groups in total. The fourth-order valence-electron chi connectivity index (χ4n) is 7.68. The van der Waals surface area contributed by atoms with E-state index in [1.54, 1.807) is 18.1 Å². The highest BCUT2D eigenvalue weighted by Crippen LogP contribution is 2.39. The Morgan fingerprint density at radius 3 is 2.25 bits per heavy atom. The van der Waals surface area contributed by atoms with Crippen LogP contribution in [0.25, 0.3) is 44.9 Å². The third-order valence-corrected chi connectivity index (χ3v) is 10.5. The number of fused-ring (bicyclic) bond motifs is 1. The number of hydrogen-bond acceptors (Lipinski definition) is 8. The van der Waals surface area contributed by atoms with Crippen LogP contribution in [0, 0.1) is 13.8 Å². The number of aliphatic carboxylic acids is 1. The highest BCUT2D eigenvalue weighted by molar-refractivity contribution is 5.84. The molecule has 0 bridgehead atoms. The molecule has 0 saturated carbocycles. The number of ether oxygens (including phenoxy) is 2. The Morgan fingerprint density at radius 2 is 1.57 bits per heavy atom. The Hall–Kier alpha value is -4.87. The molecule has 9 nitrogen and oxygen atoms in total. The van der Waals surface area contributed by atoms with E-state index in [1.165, 1.54) is 18.9 Å². The predicted octanol–water partition coefficient (Wildman–Crippen LogP) is 8.48. The number of carbonyl (C=O) groups is 1. The molecule has 2 aliphatic heterocycles. The van der Waals surface area contributed by atoms with Gasteiger partial charge in [0, 0.05) is 47.5 Å². The van der Waals surface area contributed by atoms with Gasteiger partial charge in [-0.2, -0.15) is 8.78 Å². The van der Waals surface area contributed by atoms with Crippen LogP contribution >= 0.6 is 0 Å². The number of aromatic nitrogens is 2. The summed E-state index contributed by atoms with van der Waals surface area (Å²) < 4.78 is 43.8. The number of nitrogens with zero attached hydrogens (tertiary/aromatic N) is 4. The molecule has 266 valence electrons. The second-order valence-electron chi connectivity index (χ2n) is 13.6. The Balaban J connectivity index is 1.21. The van der Waals surface area contributed by atoms with Crippen molar-refractivity contribution in [3.8, 4) is 45.5 Å². The first-order valence-corrected chi connectivity index (χ1v) is 17.4. The predicted molar refractivity (Wildman–Crippen MR) is 191 cm³/mol. The Labute approximate surface area is 295 Å². The van der Waals surface area contributed by atoms with Crippen LogP contribution in [0.1, 0.15) is 54.9 Å².